The predicted molar refractivity (Wildman–Crippen MR) is 66.3 cm³/mol. The fourth-order valence-electron chi connectivity index (χ4n) is 2.51. The molecule has 0 spiro atoms. The van der Waals surface area contributed by atoms with Crippen LogP contribution in [0.15, 0.2) is 6.07 Å². The lowest BCUT2D eigenvalue weighted by Gasteiger charge is -2.34. The van der Waals surface area contributed by atoms with Crippen molar-refractivity contribution in [2.45, 2.75) is 45.6 Å². The van der Waals surface area contributed by atoms with Crippen molar-refractivity contribution in [3.05, 3.63) is 17.5 Å². The van der Waals surface area contributed by atoms with Gasteiger partial charge in [0.2, 0.25) is 0 Å². The summed E-state index contributed by atoms with van der Waals surface area (Å²) in [5.41, 5.74) is 2.48. The van der Waals surface area contributed by atoms with E-state index in [0.717, 1.165) is 18.2 Å². The van der Waals surface area contributed by atoms with Gasteiger partial charge in [-0.3, -0.25) is 4.68 Å². The fraction of sp³-hybridized carbons (Fsp3) is 0.769. The Balaban J connectivity index is 2.13. The first-order valence-electron chi connectivity index (χ1n) is 6.46. The van der Waals surface area contributed by atoms with Gasteiger partial charge in [0.1, 0.15) is 0 Å². The largest absolute Gasteiger partial charge is 0.308 e. The smallest absolute Gasteiger partial charge is 0.0597 e. The first-order valence-corrected chi connectivity index (χ1v) is 6.46. The molecule has 1 heterocycles. The number of nitrogens with one attached hydrogen (secondary N) is 1. The summed E-state index contributed by atoms with van der Waals surface area (Å²) in [5.74, 6) is 0.821. The molecule has 1 N–H and O–H groups in total. The van der Waals surface area contributed by atoms with Crippen molar-refractivity contribution in [3.63, 3.8) is 0 Å². The lowest BCUT2D eigenvalue weighted by atomic mass is 9.78. The molecule has 0 aromatic carbocycles. The van der Waals surface area contributed by atoms with E-state index in [2.05, 4.69) is 37.4 Å². The average molecular weight is 221 g/mol. The monoisotopic (exact) mass is 221 g/mol. The van der Waals surface area contributed by atoms with Gasteiger partial charge in [-0.25, -0.2) is 0 Å². The molecule has 1 aliphatic rings. The maximum atomic E-state index is 4.46. The van der Waals surface area contributed by atoms with Crippen molar-refractivity contribution in [1.29, 1.82) is 0 Å². The highest BCUT2D eigenvalue weighted by Crippen LogP contribution is 2.37. The second-order valence-corrected chi connectivity index (χ2v) is 4.96. The molecule has 0 saturated heterocycles. The predicted octanol–water partition coefficient (Wildman–Crippen LogP) is 2.57. The molecule has 1 saturated carbocycles. The Morgan fingerprint density at radius 2 is 2.31 bits per heavy atom. The Hall–Kier alpha value is -0.830. The van der Waals surface area contributed by atoms with Crippen LogP contribution in [0.1, 0.15) is 50.0 Å². The Morgan fingerprint density at radius 3 is 2.75 bits per heavy atom. The van der Waals surface area contributed by atoms with Gasteiger partial charge in [-0.05, 0) is 44.7 Å². The third kappa shape index (κ3) is 2.29. The van der Waals surface area contributed by atoms with Crippen molar-refractivity contribution < 1.29 is 0 Å². The molecule has 1 aromatic rings. The van der Waals surface area contributed by atoms with Gasteiger partial charge in [-0.1, -0.05) is 13.3 Å². The maximum Gasteiger partial charge on any atom is 0.0597 e. The summed E-state index contributed by atoms with van der Waals surface area (Å²) < 4.78 is 2.04. The van der Waals surface area contributed by atoms with Crippen LogP contribution in [0.25, 0.3) is 0 Å². The van der Waals surface area contributed by atoms with Gasteiger partial charge in [0.25, 0.3) is 0 Å². The van der Waals surface area contributed by atoms with Gasteiger partial charge in [0.15, 0.2) is 0 Å². The fourth-order valence-corrected chi connectivity index (χ4v) is 2.51. The minimum Gasteiger partial charge on any atom is -0.308 e. The molecular formula is C13H23N3. The third-order valence-corrected chi connectivity index (χ3v) is 3.59. The highest BCUT2D eigenvalue weighted by molar-refractivity contribution is 5.15. The summed E-state index contributed by atoms with van der Waals surface area (Å²) in [6.45, 7) is 5.39. The molecule has 16 heavy (non-hydrogen) atoms. The molecule has 3 nitrogen and oxygen atoms in total. The standard InChI is InChI=1S/C13H23N3/c1-4-8-14-13(11-6-5-7-11)12-9-10(2)15-16(12)3/h9,11,13-14H,4-8H2,1-3H3. The van der Waals surface area contributed by atoms with Crippen LogP contribution in [0, 0.1) is 12.8 Å². The number of hydrogen-bond donors (Lipinski definition) is 1. The summed E-state index contributed by atoms with van der Waals surface area (Å²) in [4.78, 5) is 0. The molecule has 0 radical (unpaired) electrons. The molecule has 1 atom stereocenters. The van der Waals surface area contributed by atoms with Gasteiger partial charge >= 0.3 is 0 Å². The van der Waals surface area contributed by atoms with E-state index in [1.165, 1.54) is 31.4 Å². The van der Waals surface area contributed by atoms with Gasteiger partial charge in [0, 0.05) is 7.05 Å². The van der Waals surface area contributed by atoms with Gasteiger partial charge in [0.05, 0.1) is 17.4 Å². The van der Waals surface area contributed by atoms with Crippen LogP contribution in [0.2, 0.25) is 0 Å². The second-order valence-electron chi connectivity index (χ2n) is 4.96. The number of aromatic nitrogens is 2. The Bertz CT molecular complexity index is 339. The number of hydrogen-bond acceptors (Lipinski definition) is 2. The zero-order valence-corrected chi connectivity index (χ0v) is 10.7. The first-order chi connectivity index (χ1) is 7.72. The Kier molecular flexibility index (Phi) is 3.64. The topological polar surface area (TPSA) is 29.9 Å². The number of nitrogens with zero attached hydrogens (tertiary/aromatic N) is 2. The molecule has 1 aromatic heterocycles. The molecule has 0 amide bonds. The second kappa shape index (κ2) is 5.00. The zero-order valence-electron chi connectivity index (χ0n) is 10.7. The SMILES string of the molecule is CCCNC(c1cc(C)nn1C)C1CCC1. The zero-order chi connectivity index (χ0) is 11.5. The van der Waals surface area contributed by atoms with Crippen LogP contribution in [0.4, 0.5) is 0 Å². The van der Waals surface area contributed by atoms with E-state index in [1.807, 2.05) is 4.68 Å². The summed E-state index contributed by atoms with van der Waals surface area (Å²) in [5, 5.41) is 8.14. The maximum absolute atomic E-state index is 4.46. The van der Waals surface area contributed by atoms with Crippen LogP contribution in [-0.2, 0) is 7.05 Å². The summed E-state index contributed by atoms with van der Waals surface area (Å²) in [6.07, 6.45) is 5.32. The first kappa shape index (κ1) is 11.6. The van der Waals surface area contributed by atoms with Gasteiger partial charge in [-0.2, -0.15) is 5.10 Å². The van der Waals surface area contributed by atoms with E-state index in [1.54, 1.807) is 0 Å². The molecule has 3 heteroatoms. The minimum atomic E-state index is 0.514. The number of aryl methyl sites for hydroxylation is 2. The normalized spacial score (nSPS) is 18.4. The lowest BCUT2D eigenvalue weighted by Crippen LogP contribution is -2.34. The van der Waals surface area contributed by atoms with E-state index < -0.39 is 0 Å². The van der Waals surface area contributed by atoms with Crippen LogP contribution in [0.5, 0.6) is 0 Å². The van der Waals surface area contributed by atoms with E-state index >= 15 is 0 Å². The van der Waals surface area contributed by atoms with Crippen molar-refractivity contribution in [2.75, 3.05) is 6.54 Å². The molecule has 0 bridgehead atoms. The van der Waals surface area contributed by atoms with Crippen LogP contribution >= 0.6 is 0 Å². The number of rotatable bonds is 5. The molecular weight excluding hydrogens is 198 g/mol. The molecule has 0 aliphatic heterocycles. The lowest BCUT2D eigenvalue weighted by molar-refractivity contribution is 0.223. The van der Waals surface area contributed by atoms with E-state index in [0.29, 0.717) is 6.04 Å². The highest BCUT2D eigenvalue weighted by atomic mass is 15.3. The Morgan fingerprint density at radius 1 is 1.56 bits per heavy atom. The summed E-state index contributed by atoms with van der Waals surface area (Å²) in [6, 6.07) is 2.74. The van der Waals surface area contributed by atoms with Crippen LogP contribution in [-0.4, -0.2) is 16.3 Å². The molecule has 2 rings (SSSR count). The van der Waals surface area contributed by atoms with Crippen molar-refractivity contribution in [2.24, 2.45) is 13.0 Å². The molecule has 1 fully saturated rings. The molecule has 1 unspecified atom stereocenters. The quantitative estimate of drug-likeness (QED) is 0.828. The van der Waals surface area contributed by atoms with Crippen molar-refractivity contribution in [1.82, 2.24) is 15.1 Å². The Labute approximate surface area is 98.2 Å². The van der Waals surface area contributed by atoms with Gasteiger partial charge in [-0.15, -0.1) is 0 Å². The van der Waals surface area contributed by atoms with E-state index in [9.17, 15) is 0 Å². The summed E-state index contributed by atoms with van der Waals surface area (Å²) >= 11 is 0. The van der Waals surface area contributed by atoms with Crippen LogP contribution < -0.4 is 5.32 Å². The van der Waals surface area contributed by atoms with Crippen molar-refractivity contribution >= 4 is 0 Å². The van der Waals surface area contributed by atoms with Crippen LogP contribution in [0.3, 0.4) is 0 Å². The average Bonchev–Trinajstić information content (AvgIpc) is 2.49. The van der Waals surface area contributed by atoms with Gasteiger partial charge < -0.3 is 5.32 Å². The van der Waals surface area contributed by atoms with E-state index in [-0.39, 0.29) is 0 Å². The summed E-state index contributed by atoms with van der Waals surface area (Å²) in [7, 11) is 2.06. The highest BCUT2D eigenvalue weighted by Gasteiger charge is 2.29. The third-order valence-electron chi connectivity index (χ3n) is 3.59. The molecule has 90 valence electrons. The van der Waals surface area contributed by atoms with E-state index in [4.69, 9.17) is 0 Å². The minimum absolute atomic E-state index is 0.514. The van der Waals surface area contributed by atoms with Crippen molar-refractivity contribution in [3.8, 4) is 0 Å². The molecule has 1 aliphatic carbocycles.